The number of nitrogens with two attached hydrogens (primary N) is 1. The van der Waals surface area contributed by atoms with E-state index in [1.165, 1.54) is 0 Å². The topological polar surface area (TPSA) is 49.6 Å². The first-order valence-corrected chi connectivity index (χ1v) is 5.92. The zero-order chi connectivity index (χ0) is 11.0. The van der Waals surface area contributed by atoms with Crippen LogP contribution in [0.4, 0.5) is 4.79 Å². The van der Waals surface area contributed by atoms with Gasteiger partial charge in [-0.3, -0.25) is 0 Å². The first-order chi connectivity index (χ1) is 7.13. The summed E-state index contributed by atoms with van der Waals surface area (Å²) in [4.78, 5) is 16.0. The Morgan fingerprint density at radius 1 is 1.40 bits per heavy atom. The zero-order valence-electron chi connectivity index (χ0n) is 9.65. The Morgan fingerprint density at radius 2 is 1.93 bits per heavy atom. The lowest BCUT2D eigenvalue weighted by molar-refractivity contribution is 0.114. The molecule has 2 heterocycles. The number of hydrogen-bond donors (Lipinski definition) is 1. The molecule has 2 bridgehead atoms. The fourth-order valence-corrected chi connectivity index (χ4v) is 2.86. The van der Waals surface area contributed by atoms with Crippen LogP contribution >= 0.6 is 0 Å². The third-order valence-corrected chi connectivity index (χ3v) is 3.79. The predicted octanol–water partition coefficient (Wildman–Crippen LogP) is 1.01. The molecule has 2 unspecified atom stereocenters. The van der Waals surface area contributed by atoms with Crippen molar-refractivity contribution < 1.29 is 4.79 Å². The van der Waals surface area contributed by atoms with Crippen molar-refractivity contribution in [2.45, 2.75) is 50.7 Å². The summed E-state index contributed by atoms with van der Waals surface area (Å²) in [6.45, 7) is 2.79. The molecule has 2 aliphatic heterocycles. The van der Waals surface area contributed by atoms with Gasteiger partial charge in [-0.15, -0.1) is 0 Å². The second-order valence-corrected chi connectivity index (χ2v) is 4.82. The number of carbonyl (C=O) groups excluding carboxylic acids is 1. The lowest BCUT2D eigenvalue weighted by Gasteiger charge is -2.39. The van der Waals surface area contributed by atoms with Gasteiger partial charge in [-0.1, -0.05) is 0 Å². The van der Waals surface area contributed by atoms with Gasteiger partial charge >= 0.3 is 6.03 Å². The lowest BCUT2D eigenvalue weighted by Crippen LogP contribution is -2.53. The number of rotatable bonds is 1. The first kappa shape index (κ1) is 10.7. The van der Waals surface area contributed by atoms with Crippen molar-refractivity contribution in [1.29, 1.82) is 0 Å². The van der Waals surface area contributed by atoms with Gasteiger partial charge in [0.25, 0.3) is 0 Å². The van der Waals surface area contributed by atoms with E-state index in [1.807, 2.05) is 14.0 Å². The van der Waals surface area contributed by atoms with Crippen LogP contribution < -0.4 is 5.73 Å². The molecular formula is C11H21N3O. The Kier molecular flexibility index (Phi) is 2.87. The van der Waals surface area contributed by atoms with E-state index in [2.05, 4.69) is 4.90 Å². The Balaban J connectivity index is 2.08. The molecule has 0 radical (unpaired) electrons. The Morgan fingerprint density at radius 3 is 2.40 bits per heavy atom. The third-order valence-electron chi connectivity index (χ3n) is 3.79. The number of carbonyl (C=O) groups is 1. The molecule has 0 spiro atoms. The molecule has 4 heteroatoms. The first-order valence-electron chi connectivity index (χ1n) is 5.92. The second-order valence-electron chi connectivity index (χ2n) is 4.82. The molecule has 2 N–H and O–H groups in total. The van der Waals surface area contributed by atoms with Crippen LogP contribution in [0.25, 0.3) is 0 Å². The van der Waals surface area contributed by atoms with Gasteiger partial charge in [-0.05, 0) is 32.6 Å². The van der Waals surface area contributed by atoms with Gasteiger partial charge in [0.05, 0.1) is 0 Å². The maximum absolute atomic E-state index is 12.1. The van der Waals surface area contributed by atoms with Crippen LogP contribution in [0.5, 0.6) is 0 Å². The molecule has 2 fully saturated rings. The van der Waals surface area contributed by atoms with Gasteiger partial charge in [0.2, 0.25) is 0 Å². The summed E-state index contributed by atoms with van der Waals surface area (Å²) in [5.41, 5.74) is 5.97. The maximum Gasteiger partial charge on any atom is 0.320 e. The lowest BCUT2D eigenvalue weighted by atomic mass is 9.99. The Bertz CT molecular complexity index is 242. The number of fused-ring (bicyclic) bond motifs is 2. The molecule has 2 atom stereocenters. The number of urea groups is 1. The summed E-state index contributed by atoms with van der Waals surface area (Å²) in [5.74, 6) is 0. The highest BCUT2D eigenvalue weighted by molar-refractivity contribution is 5.75. The van der Waals surface area contributed by atoms with E-state index >= 15 is 0 Å². The van der Waals surface area contributed by atoms with Crippen LogP contribution in [0.2, 0.25) is 0 Å². The average molecular weight is 211 g/mol. The van der Waals surface area contributed by atoms with Gasteiger partial charge in [0.15, 0.2) is 0 Å². The minimum atomic E-state index is 0.192. The predicted molar refractivity (Wildman–Crippen MR) is 59.6 cm³/mol. The van der Waals surface area contributed by atoms with Crippen molar-refractivity contribution in [1.82, 2.24) is 9.80 Å². The van der Waals surface area contributed by atoms with E-state index in [0.717, 1.165) is 32.2 Å². The van der Waals surface area contributed by atoms with Crippen LogP contribution in [-0.4, -0.2) is 47.5 Å². The summed E-state index contributed by atoms with van der Waals surface area (Å²) in [6, 6.07) is 1.30. The van der Waals surface area contributed by atoms with E-state index in [0.29, 0.717) is 18.1 Å². The Hall–Kier alpha value is -0.770. The SMILES string of the molecule is CCN(C)C(=O)N1C2CCC1CC(N)C2. The van der Waals surface area contributed by atoms with Crippen molar-refractivity contribution in [2.75, 3.05) is 13.6 Å². The van der Waals surface area contributed by atoms with Crippen LogP contribution in [0.3, 0.4) is 0 Å². The number of hydrogen-bond acceptors (Lipinski definition) is 2. The van der Waals surface area contributed by atoms with Crippen molar-refractivity contribution in [3.63, 3.8) is 0 Å². The van der Waals surface area contributed by atoms with Crippen molar-refractivity contribution in [3.05, 3.63) is 0 Å². The van der Waals surface area contributed by atoms with Gasteiger partial charge in [0, 0.05) is 31.7 Å². The van der Waals surface area contributed by atoms with E-state index in [4.69, 9.17) is 5.73 Å². The molecule has 0 aliphatic carbocycles. The van der Waals surface area contributed by atoms with Crippen molar-refractivity contribution in [3.8, 4) is 0 Å². The third kappa shape index (κ3) is 1.83. The average Bonchev–Trinajstić information content (AvgIpc) is 2.49. The maximum atomic E-state index is 12.1. The van der Waals surface area contributed by atoms with E-state index in [9.17, 15) is 4.79 Å². The Labute approximate surface area is 91.4 Å². The molecular weight excluding hydrogens is 190 g/mol. The summed E-state index contributed by atoms with van der Waals surface area (Å²) in [5, 5.41) is 0. The molecule has 86 valence electrons. The minimum absolute atomic E-state index is 0.192. The van der Waals surface area contributed by atoms with E-state index in [-0.39, 0.29) is 6.03 Å². The molecule has 0 aromatic carbocycles. The number of nitrogens with zero attached hydrogens (tertiary/aromatic N) is 2. The fourth-order valence-electron chi connectivity index (χ4n) is 2.86. The molecule has 2 aliphatic rings. The van der Waals surface area contributed by atoms with Crippen molar-refractivity contribution in [2.24, 2.45) is 5.73 Å². The summed E-state index contributed by atoms with van der Waals surface area (Å²) < 4.78 is 0. The second kappa shape index (κ2) is 4.00. The van der Waals surface area contributed by atoms with E-state index in [1.54, 1.807) is 4.90 Å². The molecule has 2 rings (SSSR count). The fraction of sp³-hybridized carbons (Fsp3) is 0.909. The highest BCUT2D eigenvalue weighted by Gasteiger charge is 2.42. The molecule has 0 aromatic heterocycles. The quantitative estimate of drug-likeness (QED) is 0.704. The molecule has 0 aromatic rings. The van der Waals surface area contributed by atoms with Crippen molar-refractivity contribution >= 4 is 6.03 Å². The molecule has 4 nitrogen and oxygen atoms in total. The van der Waals surface area contributed by atoms with Gasteiger partial charge in [0.1, 0.15) is 0 Å². The van der Waals surface area contributed by atoms with Crippen LogP contribution in [-0.2, 0) is 0 Å². The molecule has 15 heavy (non-hydrogen) atoms. The van der Waals surface area contributed by atoms with Crippen LogP contribution in [0.1, 0.15) is 32.6 Å². The summed E-state index contributed by atoms with van der Waals surface area (Å²) in [7, 11) is 1.87. The van der Waals surface area contributed by atoms with Crippen LogP contribution in [0.15, 0.2) is 0 Å². The molecule has 0 saturated carbocycles. The van der Waals surface area contributed by atoms with Gasteiger partial charge < -0.3 is 15.5 Å². The summed E-state index contributed by atoms with van der Waals surface area (Å²) in [6.07, 6.45) is 4.25. The highest BCUT2D eigenvalue weighted by atomic mass is 16.2. The normalized spacial score (nSPS) is 34.3. The summed E-state index contributed by atoms with van der Waals surface area (Å²) >= 11 is 0. The van der Waals surface area contributed by atoms with E-state index < -0.39 is 0 Å². The zero-order valence-corrected chi connectivity index (χ0v) is 9.65. The molecule has 2 amide bonds. The number of amides is 2. The van der Waals surface area contributed by atoms with Crippen LogP contribution in [0, 0.1) is 0 Å². The van der Waals surface area contributed by atoms with Gasteiger partial charge in [-0.2, -0.15) is 0 Å². The highest BCUT2D eigenvalue weighted by Crippen LogP contribution is 2.35. The monoisotopic (exact) mass is 211 g/mol. The molecule has 2 saturated heterocycles. The smallest absolute Gasteiger partial charge is 0.320 e. The van der Waals surface area contributed by atoms with Gasteiger partial charge in [-0.25, -0.2) is 4.79 Å². The minimum Gasteiger partial charge on any atom is -0.328 e. The largest absolute Gasteiger partial charge is 0.328 e. The number of piperidine rings is 1. The standard InChI is InChI=1S/C11H21N3O/c1-3-13(2)11(15)14-9-4-5-10(14)7-8(12)6-9/h8-10H,3-7,12H2,1-2H3.